The molecule has 125 heavy (non-hydrogen) atoms. The third-order valence-corrected chi connectivity index (χ3v) is 23.2. The minimum atomic E-state index is -1.13. The van der Waals surface area contributed by atoms with Gasteiger partial charge in [0.1, 0.15) is 62.2 Å². The zero-order valence-corrected chi connectivity index (χ0v) is 71.7. The van der Waals surface area contributed by atoms with E-state index in [1.54, 1.807) is 49.6 Å². The van der Waals surface area contributed by atoms with Crippen molar-refractivity contribution in [3.63, 3.8) is 0 Å². The fraction of sp³-hybridized carbons (Fsp3) is 0.373. The predicted molar refractivity (Wildman–Crippen MR) is 446 cm³/mol. The van der Waals surface area contributed by atoms with Crippen LogP contribution in [0.3, 0.4) is 0 Å². The molecule has 656 valence electrons. The lowest BCUT2D eigenvalue weighted by Gasteiger charge is -2.27. The lowest BCUT2D eigenvalue weighted by molar-refractivity contribution is -0.142. The van der Waals surface area contributed by atoms with Gasteiger partial charge in [0.05, 0.1) is 112 Å². The van der Waals surface area contributed by atoms with Crippen LogP contribution in [0.5, 0.6) is 11.5 Å². The molecule has 8 aromatic rings. The number of hydrogen-bond donors (Lipinski definition) is 6. The fourth-order valence-electron chi connectivity index (χ4n) is 14.2. The van der Waals surface area contributed by atoms with E-state index < -0.39 is 108 Å². The number of thiophene rings is 2. The number of carbonyl (C=O) groups is 14. The van der Waals surface area contributed by atoms with Crippen LogP contribution in [0, 0.1) is 27.7 Å². The topological polar surface area (TPSA) is 486 Å². The minimum absolute atomic E-state index is 0.00425. The highest BCUT2D eigenvalue weighted by Crippen LogP contribution is 2.43. The number of nitrogens with one attached hydrogen (secondary N) is 5. The molecule has 42 heteroatoms. The van der Waals surface area contributed by atoms with E-state index in [4.69, 9.17) is 71.1 Å². The summed E-state index contributed by atoms with van der Waals surface area (Å²) >= 11 is 14.7. The van der Waals surface area contributed by atoms with Gasteiger partial charge in [0, 0.05) is 71.4 Å². The summed E-state index contributed by atoms with van der Waals surface area (Å²) in [6.07, 6.45) is 0.951. The molecule has 6 N–H and O–H groups in total. The van der Waals surface area contributed by atoms with Crippen LogP contribution >= 0.6 is 45.9 Å². The maximum absolute atomic E-state index is 13.6. The summed E-state index contributed by atoms with van der Waals surface area (Å²) in [5.74, 6) is -6.09. The molecule has 0 radical (unpaired) electrons. The Morgan fingerprint density at radius 2 is 0.888 bits per heavy atom. The van der Waals surface area contributed by atoms with Gasteiger partial charge in [-0.3, -0.25) is 102 Å². The van der Waals surface area contributed by atoms with Gasteiger partial charge in [0.25, 0.3) is 41.4 Å². The third kappa shape index (κ3) is 20.9. The van der Waals surface area contributed by atoms with Crippen LogP contribution in [-0.2, 0) is 66.8 Å². The van der Waals surface area contributed by atoms with E-state index in [-0.39, 0.29) is 136 Å². The third-order valence-electron chi connectivity index (χ3n) is 20.2. The van der Waals surface area contributed by atoms with Crippen molar-refractivity contribution in [3.8, 4) is 21.5 Å². The Morgan fingerprint density at radius 3 is 1.28 bits per heavy atom. The number of carboxylic acid groups (broad SMARTS) is 1. The Kier molecular flexibility index (Phi) is 30.5. The summed E-state index contributed by atoms with van der Waals surface area (Å²) in [7, 11) is 2.63. The molecule has 0 bridgehead atoms. The second-order valence-electron chi connectivity index (χ2n) is 28.5. The van der Waals surface area contributed by atoms with Gasteiger partial charge in [0.2, 0.25) is 23.6 Å². The monoisotopic (exact) mass is 1790 g/mol. The molecule has 11 amide bonds. The number of benzene rings is 4. The molecule has 0 spiro atoms. The van der Waals surface area contributed by atoms with Crippen LogP contribution in [0.4, 0.5) is 0 Å². The van der Waals surface area contributed by atoms with Gasteiger partial charge in [-0.1, -0.05) is 66.5 Å². The number of rotatable bonds is 33. The second kappa shape index (κ2) is 41.7. The summed E-state index contributed by atoms with van der Waals surface area (Å²) in [5, 5.41) is 41.7. The molecule has 6 aliphatic rings. The number of esters is 2. The Labute approximate surface area is 731 Å². The highest BCUT2D eigenvalue weighted by molar-refractivity contribution is 7.17. The zero-order chi connectivity index (χ0) is 89.4. The SMILES string of the molecule is CCCOCCOCCNC(=O)COc1cccc2c1C(=O)N(C1CCC(=O)NC1=O)C2=O.COC(=O)C[C@H]1N=C(c2ccc(Cl)cc2)c2c(sc(C(=O)NCCOCCOCCNC(=O)COc3cccc4c3C(=O)N(C3CCC(=O)NC3=O)C4=O)c2C)-n2c(C)nnc21.COC(=O)C[C@H]1N=C(c2ccc(Cl)cc2)c2c(sc(C(=O)O)c2C)-n2c(C)nnc21. The minimum Gasteiger partial charge on any atom is -0.483 e. The number of amides is 11. The maximum Gasteiger partial charge on any atom is 0.346 e. The molecule has 4 aromatic carbocycles. The molecule has 4 aromatic heterocycles. The molecule has 2 unspecified atom stereocenters. The van der Waals surface area contributed by atoms with Gasteiger partial charge >= 0.3 is 17.9 Å². The summed E-state index contributed by atoms with van der Waals surface area (Å²) in [6.45, 7) is 11.8. The summed E-state index contributed by atoms with van der Waals surface area (Å²) in [5.41, 5.74) is 5.38. The molecule has 6 aliphatic heterocycles. The first-order valence-electron chi connectivity index (χ1n) is 39.4. The van der Waals surface area contributed by atoms with Gasteiger partial charge in [0.15, 0.2) is 24.9 Å². The average Bonchev–Trinajstić information content (AvgIpc) is 1.58. The number of aromatic carboxylic acids is 1. The number of ether oxygens (including phenoxy) is 8. The van der Waals surface area contributed by atoms with Crippen LogP contribution in [0.2, 0.25) is 10.0 Å². The first-order valence-corrected chi connectivity index (χ1v) is 41.8. The van der Waals surface area contributed by atoms with E-state index in [9.17, 15) is 72.2 Å². The van der Waals surface area contributed by atoms with Crippen LogP contribution < -0.4 is 36.1 Å². The number of fused-ring (bicyclic) bond motifs is 8. The summed E-state index contributed by atoms with van der Waals surface area (Å²) < 4.78 is 46.3. The number of aliphatic imine (C=N–C) groups is 2. The number of halogens is 2. The number of carboxylic acids is 1. The van der Waals surface area contributed by atoms with Gasteiger partial charge in [-0.15, -0.1) is 43.1 Å². The summed E-state index contributed by atoms with van der Waals surface area (Å²) in [6, 6.07) is 19.6. The molecule has 0 aliphatic carbocycles. The van der Waals surface area contributed by atoms with E-state index in [0.717, 1.165) is 38.7 Å². The normalized spacial score (nSPS) is 16.6. The highest BCUT2D eigenvalue weighted by atomic mass is 35.5. The van der Waals surface area contributed by atoms with Crippen molar-refractivity contribution in [2.75, 3.05) is 99.9 Å². The molecule has 10 heterocycles. The number of nitrogens with zero attached hydrogens (tertiary/aromatic N) is 10. The quantitative estimate of drug-likeness (QED) is 0.0152. The predicted octanol–water partition coefficient (Wildman–Crippen LogP) is 6.19. The number of methoxy groups -OCH3 is 2. The Hall–Kier alpha value is -12.7. The molecule has 2 saturated heterocycles. The average molecular weight is 1800 g/mol. The van der Waals surface area contributed by atoms with Crippen molar-refractivity contribution in [2.45, 2.75) is 104 Å². The van der Waals surface area contributed by atoms with E-state index in [1.807, 2.05) is 42.7 Å². The number of piperidine rings is 2. The lowest BCUT2D eigenvalue weighted by atomic mass is 9.99. The largest absolute Gasteiger partial charge is 0.483 e. The van der Waals surface area contributed by atoms with Crippen molar-refractivity contribution in [1.82, 2.24) is 65.9 Å². The molecule has 4 atom stereocenters. The first-order chi connectivity index (χ1) is 60.1. The number of aryl methyl sites for hydroxylation is 2. The van der Waals surface area contributed by atoms with Crippen molar-refractivity contribution in [1.29, 1.82) is 0 Å². The van der Waals surface area contributed by atoms with E-state index in [2.05, 4.69) is 47.0 Å². The maximum atomic E-state index is 13.6. The Balaban J connectivity index is 0.000000189. The van der Waals surface area contributed by atoms with Gasteiger partial charge in [-0.25, -0.2) is 4.79 Å². The van der Waals surface area contributed by atoms with Crippen LogP contribution in [-0.4, -0.2) is 251 Å². The van der Waals surface area contributed by atoms with Crippen LogP contribution in [0.15, 0.2) is 94.9 Å². The Bertz CT molecular complexity index is 5630. The van der Waals surface area contributed by atoms with Crippen molar-refractivity contribution < 1.29 is 110 Å². The van der Waals surface area contributed by atoms with Crippen LogP contribution in [0.1, 0.15) is 181 Å². The first kappa shape index (κ1) is 91.5. The molecule has 14 rings (SSSR count). The van der Waals surface area contributed by atoms with Crippen molar-refractivity contribution in [3.05, 3.63) is 184 Å². The van der Waals surface area contributed by atoms with Crippen molar-refractivity contribution in [2.24, 2.45) is 9.98 Å². The van der Waals surface area contributed by atoms with Crippen molar-refractivity contribution >= 4 is 140 Å². The highest BCUT2D eigenvalue weighted by Gasteiger charge is 2.48. The van der Waals surface area contributed by atoms with Crippen LogP contribution in [0.25, 0.3) is 10.0 Å². The standard InChI is InChI=1S/C41H41ClN8O11S.C22H27N3O8.C20H17ClN4O4S/c1-21-32-34(23-7-9-24(42)10-8-23)45-26(19-31(53)58-3)36-48-47-22(2)49(36)41(32)62-35(21)38(55)44-14-16-60-18-17-59-15-13-43-30(52)20-61-28-6-4-5-25-33(28)40(57)50(39(25)56)27-11-12-29(51)46-37(27)54;1-2-9-31-11-12-32-10-8-23-18(27)13-33-16-5-3-4-14-19(16)22(30)25(21(14)29)15-6-7-17(26)24-20(15)28;1-9-15-16(11-4-6-12(21)7-5-11)22-13(8-14(26)29-3)18-24-23-10(2)25(18)19(15)30-17(9)20(27)28/h4-10,26-27H,11-20H2,1-3H3,(H,43,52)(H,44,55)(H,46,51,54);3-5,15H,2,6-13H2,1H3,(H,23,27)(H,24,26,28);4-7,13H,8H2,1-3H3,(H,27,28)/t26-,27?;;13-/m1.1/s1. The molecule has 0 saturated carbocycles. The molecular weight excluding hydrogens is 1710 g/mol. The lowest BCUT2D eigenvalue weighted by Crippen LogP contribution is -2.54. The number of hydrogen-bond acceptors (Lipinski definition) is 30. The molecule has 2 fully saturated rings. The second-order valence-corrected chi connectivity index (χ2v) is 31.3. The van der Waals surface area contributed by atoms with E-state index >= 15 is 0 Å². The number of carbonyl (C=O) groups excluding carboxylic acids is 13. The summed E-state index contributed by atoms with van der Waals surface area (Å²) in [4.78, 5) is 186. The molecular formula is C83H85Cl2N15O23S2. The van der Waals surface area contributed by atoms with E-state index in [0.29, 0.717) is 108 Å². The number of aromatic nitrogens is 6. The Morgan fingerprint density at radius 1 is 0.496 bits per heavy atom. The van der Waals surface area contributed by atoms with Gasteiger partial charge in [-0.05, 0) is 107 Å². The fourth-order valence-corrected chi connectivity index (χ4v) is 16.9. The smallest absolute Gasteiger partial charge is 0.346 e. The van der Waals surface area contributed by atoms with E-state index in [1.165, 1.54) is 62.0 Å². The van der Waals surface area contributed by atoms with Gasteiger partial charge < -0.3 is 59.0 Å². The molecule has 38 nitrogen and oxygen atoms in total. The number of imide groups is 4. The van der Waals surface area contributed by atoms with Gasteiger partial charge in [-0.2, -0.15) is 0 Å². The zero-order valence-electron chi connectivity index (χ0n) is 68.5.